The fourth-order valence-corrected chi connectivity index (χ4v) is 5.30. The van der Waals surface area contributed by atoms with Crippen LogP contribution in [0.2, 0.25) is 0 Å². The Morgan fingerprint density at radius 2 is 2.19 bits per heavy atom. The number of nitrogens with one attached hydrogen (secondary N) is 1. The number of amides is 1. The van der Waals surface area contributed by atoms with Crippen LogP contribution in [0, 0.1) is 18.3 Å². The maximum Gasteiger partial charge on any atom is 0.236 e. The largest absolute Gasteiger partial charge is 0.274 e. The van der Waals surface area contributed by atoms with Crippen LogP contribution in [-0.2, 0) is 21.2 Å². The van der Waals surface area contributed by atoms with Gasteiger partial charge in [0.05, 0.1) is 17.0 Å². The van der Waals surface area contributed by atoms with Crippen LogP contribution in [-0.4, -0.2) is 25.1 Å². The second-order valence-electron chi connectivity index (χ2n) is 6.35. The second-order valence-corrected chi connectivity index (χ2v) is 9.14. The fraction of sp³-hybridized carbons (Fsp3) is 0.714. The minimum atomic E-state index is -3.54. The third-order valence-electron chi connectivity index (χ3n) is 4.84. The van der Waals surface area contributed by atoms with E-state index in [4.69, 9.17) is 0 Å². The first kappa shape index (κ1) is 15.0. The van der Waals surface area contributed by atoms with E-state index in [9.17, 15) is 13.2 Å². The molecule has 116 valence electrons. The number of aryl methyl sites for hydroxylation is 2. The van der Waals surface area contributed by atoms with Crippen LogP contribution in [0.5, 0.6) is 0 Å². The fourth-order valence-electron chi connectivity index (χ4n) is 3.34. The Bertz CT molecular complexity index is 639. The number of sulfonamides is 1. The van der Waals surface area contributed by atoms with E-state index in [1.165, 1.54) is 30.6 Å². The lowest BCUT2D eigenvalue weighted by Crippen LogP contribution is -2.50. The average molecular weight is 328 g/mol. The molecule has 21 heavy (non-hydrogen) atoms. The van der Waals surface area contributed by atoms with E-state index < -0.39 is 10.0 Å². The molecule has 1 heterocycles. The molecule has 1 N–H and O–H groups in total. The molecule has 0 atom stereocenters. The lowest BCUT2D eigenvalue weighted by Gasteiger charge is -2.53. The van der Waals surface area contributed by atoms with Crippen LogP contribution >= 0.6 is 11.3 Å². The molecule has 0 unspecified atom stereocenters. The zero-order valence-corrected chi connectivity index (χ0v) is 13.7. The van der Waals surface area contributed by atoms with E-state index >= 15 is 0 Å². The van der Waals surface area contributed by atoms with Crippen molar-refractivity contribution < 1.29 is 13.2 Å². The van der Waals surface area contributed by atoms with Gasteiger partial charge in [-0.05, 0) is 44.4 Å². The van der Waals surface area contributed by atoms with Crippen molar-refractivity contribution in [1.29, 1.82) is 0 Å². The van der Waals surface area contributed by atoms with Crippen LogP contribution in [0.25, 0.3) is 0 Å². The van der Waals surface area contributed by atoms with Gasteiger partial charge in [0.15, 0.2) is 0 Å². The van der Waals surface area contributed by atoms with Crippen LogP contribution in [0.3, 0.4) is 0 Å². The van der Waals surface area contributed by atoms with Crippen LogP contribution in [0.4, 0.5) is 0 Å². The summed E-state index contributed by atoms with van der Waals surface area (Å²) in [6, 6.07) is 0. The zero-order valence-electron chi connectivity index (χ0n) is 12.1. The summed E-state index contributed by atoms with van der Waals surface area (Å²) in [6.07, 6.45) is 5.79. The van der Waals surface area contributed by atoms with Gasteiger partial charge in [0, 0.05) is 10.8 Å². The molecule has 7 heteroatoms. The van der Waals surface area contributed by atoms with E-state index in [2.05, 4.69) is 9.71 Å². The monoisotopic (exact) mass is 328 g/mol. The molecule has 2 aliphatic carbocycles. The van der Waals surface area contributed by atoms with Gasteiger partial charge in [-0.3, -0.25) is 9.52 Å². The molecular formula is C14H20N2O3S2. The first-order valence-corrected chi connectivity index (χ1v) is 9.86. The molecule has 3 rings (SSSR count). The predicted molar refractivity (Wildman–Crippen MR) is 81.5 cm³/mol. The highest BCUT2D eigenvalue weighted by atomic mass is 32.2. The molecular weight excluding hydrogens is 308 g/mol. The van der Waals surface area contributed by atoms with Gasteiger partial charge in [0.2, 0.25) is 15.9 Å². The van der Waals surface area contributed by atoms with E-state index in [1.807, 2.05) is 6.92 Å². The average Bonchev–Trinajstić information content (AvgIpc) is 2.68. The van der Waals surface area contributed by atoms with Gasteiger partial charge >= 0.3 is 0 Å². The first-order chi connectivity index (χ1) is 9.89. The highest BCUT2D eigenvalue weighted by molar-refractivity contribution is 7.90. The maximum absolute atomic E-state index is 12.0. The summed E-state index contributed by atoms with van der Waals surface area (Å²) in [4.78, 5) is 17.1. The molecule has 0 radical (unpaired) electrons. The van der Waals surface area contributed by atoms with Crippen molar-refractivity contribution in [1.82, 2.24) is 9.71 Å². The summed E-state index contributed by atoms with van der Waals surface area (Å²) in [7, 11) is -3.54. The molecule has 2 saturated carbocycles. The number of thiazole rings is 1. The van der Waals surface area contributed by atoms with Crippen LogP contribution < -0.4 is 4.72 Å². The molecule has 1 spiro atoms. The van der Waals surface area contributed by atoms with Gasteiger partial charge in [-0.1, -0.05) is 6.42 Å². The van der Waals surface area contributed by atoms with Crippen molar-refractivity contribution in [2.24, 2.45) is 11.3 Å². The second kappa shape index (κ2) is 5.35. The Morgan fingerprint density at radius 1 is 1.48 bits per heavy atom. The number of hydrogen-bond donors (Lipinski definition) is 1. The maximum atomic E-state index is 12.0. The number of aromatic nitrogens is 1. The number of carbonyl (C=O) groups is 1. The smallest absolute Gasteiger partial charge is 0.236 e. The third kappa shape index (κ3) is 3.13. The summed E-state index contributed by atoms with van der Waals surface area (Å²) >= 11 is 1.45. The Balaban J connectivity index is 1.49. The molecule has 1 aromatic rings. The normalized spacial score (nSPS) is 20.8. The Labute approximate surface area is 129 Å². The topological polar surface area (TPSA) is 76.1 Å². The molecule has 1 aromatic heterocycles. The van der Waals surface area contributed by atoms with Gasteiger partial charge in [0.25, 0.3) is 0 Å². The number of rotatable bonds is 5. The van der Waals surface area contributed by atoms with Gasteiger partial charge < -0.3 is 0 Å². The SMILES string of the molecule is Cc1ncsc1CCS(=O)(=O)NC(=O)C1CC2(CCC2)C1. The summed E-state index contributed by atoms with van der Waals surface area (Å²) in [5.41, 5.74) is 2.96. The lowest BCUT2D eigenvalue weighted by molar-refractivity contribution is -0.134. The standard InChI is InChI=1S/C14H20N2O3S2/c1-10-12(20-9-15-10)3-6-21(18,19)16-13(17)11-7-14(8-11)4-2-5-14/h9,11H,2-8H2,1H3,(H,16,17). The van der Waals surface area contributed by atoms with Gasteiger partial charge in [0.1, 0.15) is 0 Å². The van der Waals surface area contributed by atoms with E-state index in [1.54, 1.807) is 5.51 Å². The van der Waals surface area contributed by atoms with Crippen molar-refractivity contribution in [2.45, 2.75) is 45.4 Å². The summed E-state index contributed by atoms with van der Waals surface area (Å²) in [5, 5.41) is 0. The summed E-state index contributed by atoms with van der Waals surface area (Å²) < 4.78 is 26.2. The molecule has 0 aromatic carbocycles. The highest BCUT2D eigenvalue weighted by Crippen LogP contribution is 2.58. The predicted octanol–water partition coefficient (Wildman–Crippen LogP) is 2.02. The third-order valence-corrected chi connectivity index (χ3v) is 7.09. The van der Waals surface area contributed by atoms with Gasteiger partial charge in [-0.25, -0.2) is 13.4 Å². The lowest BCUT2D eigenvalue weighted by atomic mass is 9.52. The summed E-state index contributed by atoms with van der Waals surface area (Å²) in [6.45, 7) is 1.86. The van der Waals surface area contributed by atoms with Gasteiger partial charge in [-0.2, -0.15) is 0 Å². The molecule has 0 aliphatic heterocycles. The zero-order chi connectivity index (χ0) is 15.1. The highest BCUT2D eigenvalue weighted by Gasteiger charge is 2.50. The van der Waals surface area contributed by atoms with Crippen molar-refractivity contribution in [3.8, 4) is 0 Å². The van der Waals surface area contributed by atoms with E-state index in [-0.39, 0.29) is 17.6 Å². The minimum absolute atomic E-state index is 0.0559. The van der Waals surface area contributed by atoms with E-state index in [0.717, 1.165) is 23.4 Å². The molecule has 2 aliphatic rings. The number of hydrogen-bond acceptors (Lipinski definition) is 5. The van der Waals surface area contributed by atoms with Crippen molar-refractivity contribution in [3.63, 3.8) is 0 Å². The number of nitrogens with zero attached hydrogens (tertiary/aromatic N) is 1. The van der Waals surface area contributed by atoms with Crippen molar-refractivity contribution >= 4 is 27.3 Å². The van der Waals surface area contributed by atoms with Crippen LogP contribution in [0.1, 0.15) is 42.7 Å². The van der Waals surface area contributed by atoms with E-state index in [0.29, 0.717) is 11.8 Å². The first-order valence-electron chi connectivity index (χ1n) is 7.32. The Morgan fingerprint density at radius 3 is 2.71 bits per heavy atom. The number of carbonyl (C=O) groups excluding carboxylic acids is 1. The quantitative estimate of drug-likeness (QED) is 0.897. The Kier molecular flexibility index (Phi) is 3.81. The van der Waals surface area contributed by atoms with Gasteiger partial charge in [-0.15, -0.1) is 11.3 Å². The van der Waals surface area contributed by atoms with Crippen LogP contribution in [0.15, 0.2) is 5.51 Å². The molecule has 1 amide bonds. The summed E-state index contributed by atoms with van der Waals surface area (Å²) in [5.74, 6) is -0.474. The van der Waals surface area contributed by atoms with Crippen molar-refractivity contribution in [2.75, 3.05) is 5.75 Å². The molecule has 0 saturated heterocycles. The van der Waals surface area contributed by atoms with Crippen molar-refractivity contribution in [3.05, 3.63) is 16.1 Å². The minimum Gasteiger partial charge on any atom is -0.274 e. The Hall–Kier alpha value is -0.950. The molecule has 5 nitrogen and oxygen atoms in total. The molecule has 2 fully saturated rings. The molecule has 0 bridgehead atoms.